The highest BCUT2D eigenvalue weighted by Crippen LogP contribution is 2.17. The van der Waals surface area contributed by atoms with Gasteiger partial charge in [-0.3, -0.25) is 9.59 Å². The Balaban J connectivity index is 1.79. The number of allylic oxidation sites excluding steroid dienone is 4. The minimum Gasteiger partial charge on any atom is -0.497 e. The number of Topliss-reactive ketones (excluding diaryl/α,β-unsaturated/α-hetero) is 2. The number of ether oxygens (including phenoxy) is 2. The first-order valence-corrected chi connectivity index (χ1v) is 10.1. The van der Waals surface area contributed by atoms with Gasteiger partial charge in [0.1, 0.15) is 11.5 Å². The van der Waals surface area contributed by atoms with E-state index in [2.05, 4.69) is 12.2 Å². The Morgan fingerprint density at radius 2 is 1.00 bits per heavy atom. The van der Waals surface area contributed by atoms with Gasteiger partial charge < -0.3 is 9.47 Å². The van der Waals surface area contributed by atoms with Crippen molar-refractivity contribution < 1.29 is 19.1 Å². The molecule has 0 heterocycles. The average molecular weight is 407 g/mol. The van der Waals surface area contributed by atoms with Gasteiger partial charge in [0, 0.05) is 24.0 Å². The zero-order valence-electron chi connectivity index (χ0n) is 18.2. The molecule has 0 aromatic heterocycles. The molecule has 0 aliphatic carbocycles. The molecule has 2 aromatic carbocycles. The predicted octanol–water partition coefficient (Wildman–Crippen LogP) is 6.22. The van der Waals surface area contributed by atoms with Gasteiger partial charge in [-0.05, 0) is 75.2 Å². The number of unbranched alkanes of at least 4 members (excludes halogenated alkanes) is 1. The van der Waals surface area contributed by atoms with Gasteiger partial charge in [-0.2, -0.15) is 0 Å². The van der Waals surface area contributed by atoms with Crippen LogP contribution in [0.15, 0.2) is 71.8 Å². The first-order valence-electron chi connectivity index (χ1n) is 10.1. The van der Waals surface area contributed by atoms with Crippen LogP contribution in [0.25, 0.3) is 0 Å². The maximum atomic E-state index is 12.4. The zero-order chi connectivity index (χ0) is 21.9. The van der Waals surface area contributed by atoms with Crippen LogP contribution in [0.2, 0.25) is 0 Å². The third-order valence-corrected chi connectivity index (χ3v) is 4.86. The summed E-state index contributed by atoms with van der Waals surface area (Å²) in [6.45, 7) is 3.95. The molecule has 0 bridgehead atoms. The second-order valence-corrected chi connectivity index (χ2v) is 7.34. The van der Waals surface area contributed by atoms with Gasteiger partial charge >= 0.3 is 0 Å². The molecule has 0 spiro atoms. The summed E-state index contributed by atoms with van der Waals surface area (Å²) in [5.74, 6) is 1.68. The van der Waals surface area contributed by atoms with Gasteiger partial charge in [0.2, 0.25) is 0 Å². The first kappa shape index (κ1) is 23.1. The van der Waals surface area contributed by atoms with Crippen LogP contribution in [0.3, 0.4) is 0 Å². The fourth-order valence-corrected chi connectivity index (χ4v) is 3.07. The second-order valence-electron chi connectivity index (χ2n) is 7.34. The van der Waals surface area contributed by atoms with E-state index >= 15 is 0 Å². The minimum absolute atomic E-state index is 0.100. The molecule has 4 heteroatoms. The van der Waals surface area contributed by atoms with E-state index in [0.717, 1.165) is 35.5 Å². The van der Waals surface area contributed by atoms with E-state index < -0.39 is 0 Å². The molecule has 2 rings (SSSR count). The Morgan fingerprint density at radius 1 is 0.667 bits per heavy atom. The molecule has 0 saturated heterocycles. The zero-order valence-corrected chi connectivity index (χ0v) is 18.2. The van der Waals surface area contributed by atoms with E-state index in [1.807, 2.05) is 13.8 Å². The van der Waals surface area contributed by atoms with Crippen molar-refractivity contribution in [1.29, 1.82) is 0 Å². The number of hydrogen-bond acceptors (Lipinski definition) is 4. The minimum atomic E-state index is 0.100. The molecule has 0 fully saturated rings. The van der Waals surface area contributed by atoms with Crippen LogP contribution in [0.5, 0.6) is 11.5 Å². The monoisotopic (exact) mass is 406 g/mol. The van der Waals surface area contributed by atoms with Crippen LogP contribution >= 0.6 is 0 Å². The van der Waals surface area contributed by atoms with Gasteiger partial charge in [-0.15, -0.1) is 0 Å². The molecular weight excluding hydrogens is 376 g/mol. The summed E-state index contributed by atoms with van der Waals surface area (Å²) in [7, 11) is 3.21. The molecule has 0 amide bonds. The number of hydrogen-bond donors (Lipinski definition) is 0. The molecule has 0 atom stereocenters. The van der Waals surface area contributed by atoms with Crippen molar-refractivity contribution in [3.05, 3.63) is 83.0 Å². The van der Waals surface area contributed by atoms with Crippen molar-refractivity contribution in [3.63, 3.8) is 0 Å². The Labute approximate surface area is 179 Å². The smallest absolute Gasteiger partial charge is 0.166 e. The van der Waals surface area contributed by atoms with Crippen molar-refractivity contribution >= 4 is 11.6 Å². The third kappa shape index (κ3) is 7.36. The number of rotatable bonds is 11. The van der Waals surface area contributed by atoms with E-state index in [4.69, 9.17) is 9.47 Å². The molecule has 0 aliphatic rings. The van der Waals surface area contributed by atoms with Gasteiger partial charge in [-0.1, -0.05) is 23.3 Å². The maximum absolute atomic E-state index is 12.4. The van der Waals surface area contributed by atoms with Crippen LogP contribution < -0.4 is 9.47 Å². The van der Waals surface area contributed by atoms with Crippen molar-refractivity contribution in [1.82, 2.24) is 0 Å². The molecule has 158 valence electrons. The summed E-state index contributed by atoms with van der Waals surface area (Å²) < 4.78 is 10.2. The highest BCUT2D eigenvalue weighted by Gasteiger charge is 2.08. The average Bonchev–Trinajstić information content (AvgIpc) is 2.76. The lowest BCUT2D eigenvalue weighted by Gasteiger charge is -2.04. The van der Waals surface area contributed by atoms with Gasteiger partial charge in [0.05, 0.1) is 14.2 Å². The Hall–Kier alpha value is -3.14. The molecule has 2 aromatic rings. The molecule has 0 radical (unpaired) electrons. The molecular formula is C26H30O4. The summed E-state index contributed by atoms with van der Waals surface area (Å²) >= 11 is 0. The number of methoxy groups -OCH3 is 2. The topological polar surface area (TPSA) is 52.6 Å². The van der Waals surface area contributed by atoms with Gasteiger partial charge in [0.15, 0.2) is 11.6 Å². The second kappa shape index (κ2) is 11.8. The van der Waals surface area contributed by atoms with Gasteiger partial charge in [0.25, 0.3) is 0 Å². The normalized spacial score (nSPS) is 11.9. The number of ketones is 2. The summed E-state index contributed by atoms with van der Waals surface area (Å²) in [5.41, 5.74) is 3.49. The maximum Gasteiger partial charge on any atom is 0.166 e. The molecule has 0 aliphatic heterocycles. The molecule has 0 saturated carbocycles. The summed E-state index contributed by atoms with van der Waals surface area (Å²) in [4.78, 5) is 24.7. The van der Waals surface area contributed by atoms with E-state index in [0.29, 0.717) is 24.0 Å². The SMILES string of the molecule is COc1ccc(C(=O)C/C(C)=C/CC/C=C(\C)CC(=O)c2ccc(OC)cc2)cc1. The van der Waals surface area contributed by atoms with E-state index in [1.54, 1.807) is 62.8 Å². The molecule has 30 heavy (non-hydrogen) atoms. The van der Waals surface area contributed by atoms with Crippen molar-refractivity contribution in [3.8, 4) is 11.5 Å². The lowest BCUT2D eigenvalue weighted by molar-refractivity contribution is 0.0984. The quantitative estimate of drug-likeness (QED) is 0.252. The number of carbonyl (C=O) groups is 2. The highest BCUT2D eigenvalue weighted by molar-refractivity contribution is 5.98. The van der Waals surface area contributed by atoms with Crippen LogP contribution in [-0.4, -0.2) is 25.8 Å². The van der Waals surface area contributed by atoms with Crippen LogP contribution in [-0.2, 0) is 0 Å². The van der Waals surface area contributed by atoms with Crippen molar-refractivity contribution in [2.45, 2.75) is 39.5 Å². The highest BCUT2D eigenvalue weighted by atomic mass is 16.5. The Morgan fingerprint density at radius 3 is 1.30 bits per heavy atom. The summed E-state index contributed by atoms with van der Waals surface area (Å²) in [6.07, 6.45) is 6.69. The Kier molecular flexibility index (Phi) is 9.07. The van der Waals surface area contributed by atoms with Gasteiger partial charge in [-0.25, -0.2) is 0 Å². The van der Waals surface area contributed by atoms with Crippen LogP contribution in [0, 0.1) is 0 Å². The summed E-state index contributed by atoms with van der Waals surface area (Å²) in [5, 5.41) is 0. The number of carbonyl (C=O) groups excluding carboxylic acids is 2. The standard InChI is InChI=1S/C26H30O4/c1-19(17-25(27)21-9-13-23(29-3)14-10-21)7-5-6-8-20(2)18-26(28)22-11-15-24(30-4)16-12-22/h7-16H,5-6,17-18H2,1-4H3/b19-7+,20-8+. The van der Waals surface area contributed by atoms with E-state index in [9.17, 15) is 9.59 Å². The van der Waals surface area contributed by atoms with Crippen molar-refractivity contribution in [2.24, 2.45) is 0 Å². The first-order chi connectivity index (χ1) is 14.4. The number of benzene rings is 2. The summed E-state index contributed by atoms with van der Waals surface area (Å²) in [6, 6.07) is 14.4. The van der Waals surface area contributed by atoms with E-state index in [1.165, 1.54) is 0 Å². The largest absolute Gasteiger partial charge is 0.497 e. The fourth-order valence-electron chi connectivity index (χ4n) is 3.07. The third-order valence-electron chi connectivity index (χ3n) is 4.86. The van der Waals surface area contributed by atoms with Crippen LogP contribution in [0.4, 0.5) is 0 Å². The molecule has 0 unspecified atom stereocenters. The van der Waals surface area contributed by atoms with Crippen molar-refractivity contribution in [2.75, 3.05) is 14.2 Å². The van der Waals surface area contributed by atoms with Crippen LogP contribution in [0.1, 0.15) is 60.2 Å². The Bertz CT molecular complexity index is 826. The van der Waals surface area contributed by atoms with E-state index in [-0.39, 0.29) is 11.6 Å². The molecule has 0 N–H and O–H groups in total. The fraction of sp³-hybridized carbons (Fsp3) is 0.308. The predicted molar refractivity (Wildman–Crippen MR) is 121 cm³/mol. The molecule has 4 nitrogen and oxygen atoms in total. The lowest BCUT2D eigenvalue weighted by atomic mass is 10.0. The lowest BCUT2D eigenvalue weighted by Crippen LogP contribution is -2.00.